The van der Waals surface area contributed by atoms with E-state index in [9.17, 15) is 4.79 Å². The van der Waals surface area contributed by atoms with Crippen molar-refractivity contribution in [2.75, 3.05) is 18.8 Å². The molecular formula is C24H32N4O2S. The molecule has 4 rings (SSSR count). The Morgan fingerprint density at radius 1 is 1.19 bits per heavy atom. The van der Waals surface area contributed by atoms with Crippen molar-refractivity contribution in [2.45, 2.75) is 58.6 Å². The smallest absolute Gasteiger partial charge is 0.309 e. The minimum atomic E-state index is -0.422. The molecule has 2 aromatic heterocycles. The first-order valence-electron chi connectivity index (χ1n) is 11.1. The molecule has 1 aromatic carbocycles. The lowest BCUT2D eigenvalue weighted by Crippen LogP contribution is -2.34. The Bertz CT molecular complexity index is 1020. The predicted molar refractivity (Wildman–Crippen MR) is 126 cm³/mol. The van der Waals surface area contributed by atoms with Crippen molar-refractivity contribution in [3.63, 3.8) is 0 Å². The van der Waals surface area contributed by atoms with Crippen molar-refractivity contribution < 1.29 is 9.53 Å². The summed E-state index contributed by atoms with van der Waals surface area (Å²) in [5.41, 5.74) is 8.30. The fourth-order valence-corrected chi connectivity index (χ4v) is 5.10. The molecule has 0 bridgehead atoms. The summed E-state index contributed by atoms with van der Waals surface area (Å²) in [5.74, 6) is -0.0433. The average Bonchev–Trinajstić information content (AvgIpc) is 3.21. The van der Waals surface area contributed by atoms with Crippen LogP contribution in [0.25, 0.3) is 16.2 Å². The van der Waals surface area contributed by atoms with Crippen LogP contribution in [0.4, 0.5) is 5.69 Å². The highest BCUT2D eigenvalue weighted by Crippen LogP contribution is 2.29. The van der Waals surface area contributed by atoms with E-state index < -0.39 is 5.60 Å². The molecule has 0 aliphatic carbocycles. The fraction of sp³-hybridized carbons (Fsp3) is 0.500. The van der Waals surface area contributed by atoms with Crippen LogP contribution < -0.4 is 5.73 Å². The zero-order valence-electron chi connectivity index (χ0n) is 18.6. The van der Waals surface area contributed by atoms with Crippen LogP contribution in [0.1, 0.15) is 51.3 Å². The molecule has 166 valence electrons. The normalized spacial score (nSPS) is 18.6. The van der Waals surface area contributed by atoms with Crippen molar-refractivity contribution in [3.8, 4) is 11.3 Å². The number of nitrogen functional groups attached to an aromatic ring is 1. The molecule has 0 amide bonds. The van der Waals surface area contributed by atoms with E-state index in [1.807, 2.05) is 51.2 Å². The molecule has 1 saturated heterocycles. The number of fused-ring (bicyclic) bond motifs is 1. The Morgan fingerprint density at radius 2 is 2.00 bits per heavy atom. The number of nitrogens with zero attached hydrogens (tertiary/aromatic N) is 3. The Morgan fingerprint density at radius 3 is 2.74 bits per heavy atom. The second-order valence-electron chi connectivity index (χ2n) is 9.39. The Labute approximate surface area is 188 Å². The van der Waals surface area contributed by atoms with Gasteiger partial charge in [0.15, 0.2) is 4.96 Å². The van der Waals surface area contributed by atoms with Crippen molar-refractivity contribution in [1.29, 1.82) is 0 Å². The van der Waals surface area contributed by atoms with Gasteiger partial charge < -0.3 is 10.5 Å². The molecule has 31 heavy (non-hydrogen) atoms. The first kappa shape index (κ1) is 21.8. The van der Waals surface area contributed by atoms with E-state index in [-0.39, 0.29) is 11.9 Å². The van der Waals surface area contributed by atoms with Crippen LogP contribution in [0.15, 0.2) is 36.7 Å². The van der Waals surface area contributed by atoms with Crippen LogP contribution in [0, 0.1) is 5.92 Å². The summed E-state index contributed by atoms with van der Waals surface area (Å²) in [6, 6.07) is 7.83. The number of rotatable bonds is 4. The molecule has 0 radical (unpaired) electrons. The summed E-state index contributed by atoms with van der Waals surface area (Å²) in [7, 11) is 0. The largest absolute Gasteiger partial charge is 0.460 e. The van der Waals surface area contributed by atoms with Gasteiger partial charge in [0.1, 0.15) is 5.60 Å². The first-order chi connectivity index (χ1) is 14.8. The second kappa shape index (κ2) is 9.01. The highest BCUT2D eigenvalue weighted by molar-refractivity contribution is 7.17. The SMILES string of the molecule is CC(C)(C)OC(=O)C1CCCCN(Cc2cn3cc(-c4ccccc4N)nc3s2)CC1. The number of benzene rings is 1. The lowest BCUT2D eigenvalue weighted by molar-refractivity contribution is -0.160. The van der Waals surface area contributed by atoms with Crippen molar-refractivity contribution >= 4 is 28.0 Å². The number of thiazole rings is 1. The topological polar surface area (TPSA) is 72.9 Å². The molecule has 3 aromatic rings. The number of imidazole rings is 1. The molecule has 1 aliphatic rings. The van der Waals surface area contributed by atoms with Gasteiger partial charge in [-0.2, -0.15) is 0 Å². The quantitative estimate of drug-likeness (QED) is 0.458. The third-order valence-electron chi connectivity index (χ3n) is 5.63. The van der Waals surface area contributed by atoms with Gasteiger partial charge >= 0.3 is 5.97 Å². The Hall–Kier alpha value is -2.38. The summed E-state index contributed by atoms with van der Waals surface area (Å²) >= 11 is 1.72. The van der Waals surface area contributed by atoms with Crippen molar-refractivity contribution in [2.24, 2.45) is 5.92 Å². The molecule has 3 heterocycles. The molecule has 6 nitrogen and oxygen atoms in total. The number of carbonyl (C=O) groups excluding carboxylic acids is 1. The number of carbonyl (C=O) groups is 1. The van der Waals surface area contributed by atoms with Crippen molar-refractivity contribution in [1.82, 2.24) is 14.3 Å². The van der Waals surface area contributed by atoms with Crippen LogP contribution in [0.2, 0.25) is 0 Å². The van der Waals surface area contributed by atoms with E-state index in [0.29, 0.717) is 0 Å². The van der Waals surface area contributed by atoms with Gasteiger partial charge in [-0.3, -0.25) is 14.1 Å². The minimum Gasteiger partial charge on any atom is -0.460 e. The number of ether oxygens (including phenoxy) is 1. The number of esters is 1. The van der Waals surface area contributed by atoms with Crippen molar-refractivity contribution in [3.05, 3.63) is 41.5 Å². The van der Waals surface area contributed by atoms with Crippen LogP contribution >= 0.6 is 11.3 Å². The summed E-state index contributed by atoms with van der Waals surface area (Å²) in [5, 5.41) is 0. The van der Waals surface area contributed by atoms with Gasteiger partial charge in [0, 0.05) is 35.1 Å². The second-order valence-corrected chi connectivity index (χ2v) is 10.5. The third kappa shape index (κ3) is 5.46. The summed E-state index contributed by atoms with van der Waals surface area (Å²) in [4.78, 5) is 22.0. The number of para-hydroxylation sites is 1. The number of anilines is 1. The van der Waals surface area contributed by atoms with Gasteiger partial charge in [0.05, 0.1) is 11.6 Å². The van der Waals surface area contributed by atoms with Crippen LogP contribution in [0.3, 0.4) is 0 Å². The van der Waals surface area contributed by atoms with E-state index in [1.165, 1.54) is 4.88 Å². The highest BCUT2D eigenvalue weighted by Gasteiger charge is 2.27. The number of likely N-dealkylation sites (tertiary alicyclic amines) is 1. The molecule has 1 unspecified atom stereocenters. The number of nitrogens with two attached hydrogens (primary N) is 1. The highest BCUT2D eigenvalue weighted by atomic mass is 32.1. The molecule has 2 N–H and O–H groups in total. The van der Waals surface area contributed by atoms with E-state index >= 15 is 0 Å². The van der Waals surface area contributed by atoms with Gasteiger partial charge in [0.25, 0.3) is 0 Å². The third-order valence-corrected chi connectivity index (χ3v) is 6.61. The first-order valence-corrected chi connectivity index (χ1v) is 11.9. The van der Waals surface area contributed by atoms with Crippen LogP contribution in [0.5, 0.6) is 0 Å². The number of hydrogen-bond donors (Lipinski definition) is 1. The Balaban J connectivity index is 1.41. The number of aromatic nitrogens is 2. The predicted octanol–water partition coefficient (Wildman–Crippen LogP) is 4.98. The standard InChI is InChI=1S/C24H32N4O2S/c1-24(2,3)30-22(29)17-8-6-7-12-27(13-11-17)14-18-15-28-16-21(26-23(28)31-18)19-9-4-5-10-20(19)25/h4-5,9-10,15-17H,6-8,11-14,25H2,1-3H3. The maximum absolute atomic E-state index is 12.5. The molecule has 0 saturated carbocycles. The average molecular weight is 441 g/mol. The Kier molecular flexibility index (Phi) is 6.34. The number of hydrogen-bond acceptors (Lipinski definition) is 6. The van der Waals surface area contributed by atoms with Gasteiger partial charge in [0.2, 0.25) is 0 Å². The summed E-state index contributed by atoms with van der Waals surface area (Å²) < 4.78 is 7.73. The maximum atomic E-state index is 12.5. The van der Waals surface area contributed by atoms with Gasteiger partial charge in [-0.05, 0) is 59.2 Å². The molecule has 7 heteroatoms. The molecule has 1 atom stereocenters. The van der Waals surface area contributed by atoms with Gasteiger partial charge in [-0.1, -0.05) is 36.0 Å². The minimum absolute atomic E-state index is 0.00145. The fourth-order valence-electron chi connectivity index (χ4n) is 4.10. The summed E-state index contributed by atoms with van der Waals surface area (Å²) in [6.45, 7) is 8.67. The van der Waals surface area contributed by atoms with Crippen LogP contribution in [-0.4, -0.2) is 38.9 Å². The lowest BCUT2D eigenvalue weighted by Gasteiger charge is -2.29. The van der Waals surface area contributed by atoms with E-state index in [0.717, 1.165) is 67.2 Å². The van der Waals surface area contributed by atoms with E-state index in [4.69, 9.17) is 15.5 Å². The molecule has 1 fully saturated rings. The van der Waals surface area contributed by atoms with Gasteiger partial charge in [-0.15, -0.1) is 0 Å². The molecule has 0 spiro atoms. The van der Waals surface area contributed by atoms with Gasteiger partial charge in [-0.25, -0.2) is 4.98 Å². The monoisotopic (exact) mass is 440 g/mol. The van der Waals surface area contributed by atoms with Crippen LogP contribution in [-0.2, 0) is 16.1 Å². The van der Waals surface area contributed by atoms with E-state index in [2.05, 4.69) is 15.5 Å². The molecular weight excluding hydrogens is 408 g/mol. The van der Waals surface area contributed by atoms with E-state index in [1.54, 1.807) is 11.3 Å². The molecule has 1 aliphatic heterocycles. The zero-order chi connectivity index (χ0) is 22.0. The summed E-state index contributed by atoms with van der Waals surface area (Å²) in [6.07, 6.45) is 8.18. The maximum Gasteiger partial charge on any atom is 0.309 e. The lowest BCUT2D eigenvalue weighted by atomic mass is 9.95. The zero-order valence-corrected chi connectivity index (χ0v) is 19.5.